The van der Waals surface area contributed by atoms with Crippen LogP contribution in [-0.4, -0.2) is 83.8 Å². The largest absolute Gasteiger partial charge is 0.497 e. The van der Waals surface area contributed by atoms with Gasteiger partial charge in [0.15, 0.2) is 0 Å². The van der Waals surface area contributed by atoms with Crippen LogP contribution in [0.1, 0.15) is 62.5 Å². The zero-order valence-electron chi connectivity index (χ0n) is 30.8. The number of carbonyl (C=O) groups is 5. The fraction of sp³-hybridized carbons (Fsp3) is 0.436. The molecule has 4 rings (SSSR count). The number of methoxy groups -OCH3 is 1. The molecule has 1 aliphatic rings. The molecule has 2 aromatic carbocycles. The summed E-state index contributed by atoms with van der Waals surface area (Å²) in [6.45, 7) is 9.45. The van der Waals surface area contributed by atoms with Crippen LogP contribution in [0.15, 0.2) is 73.1 Å². The first-order valence-corrected chi connectivity index (χ1v) is 17.7. The second kappa shape index (κ2) is 18.7. The Kier molecular flexibility index (Phi) is 14.1. The van der Waals surface area contributed by atoms with Gasteiger partial charge < -0.3 is 36.2 Å². The van der Waals surface area contributed by atoms with Crippen LogP contribution in [0.5, 0.6) is 5.75 Å². The highest BCUT2D eigenvalue weighted by atomic mass is 16.5. The lowest BCUT2D eigenvalue weighted by Gasteiger charge is -2.31. The number of nitrogens with zero attached hydrogens (tertiary/aromatic N) is 2. The highest BCUT2D eigenvalue weighted by Crippen LogP contribution is 2.17. The summed E-state index contributed by atoms with van der Waals surface area (Å²) < 4.78 is 5.25. The van der Waals surface area contributed by atoms with Crippen LogP contribution in [0.3, 0.4) is 0 Å². The number of rotatable bonds is 10. The van der Waals surface area contributed by atoms with Crippen LogP contribution < -0.4 is 31.3 Å². The zero-order valence-corrected chi connectivity index (χ0v) is 30.8. The third kappa shape index (κ3) is 11.5. The Balaban J connectivity index is 1.61. The van der Waals surface area contributed by atoms with Gasteiger partial charge in [-0.25, -0.2) is 0 Å². The Bertz CT molecular complexity index is 1660. The van der Waals surface area contributed by atoms with Crippen LogP contribution in [-0.2, 0) is 32.1 Å². The SMILES string of the molecule is COc1ccc(C[C@@H]2NC(=O)[C@H](CC(C)C)NC(=O)CN(C(=O)c3ccc(NCc4ccncc4)cc3)C[C@H](C(C)C)NC(=O)[C@@H](C)NC2=O)cc1. The highest BCUT2D eigenvalue weighted by molar-refractivity contribution is 5.98. The summed E-state index contributed by atoms with van der Waals surface area (Å²) in [5.41, 5.74) is 2.97. The maximum atomic E-state index is 14.0. The van der Waals surface area contributed by atoms with E-state index < -0.39 is 53.7 Å². The first kappa shape index (κ1) is 39.3. The van der Waals surface area contributed by atoms with Crippen molar-refractivity contribution in [3.05, 3.63) is 89.7 Å². The normalized spacial score (nSPS) is 20.6. The van der Waals surface area contributed by atoms with Crippen molar-refractivity contribution in [2.45, 2.75) is 78.2 Å². The zero-order chi connectivity index (χ0) is 37.8. The molecule has 0 aliphatic carbocycles. The molecule has 4 atom stereocenters. The van der Waals surface area contributed by atoms with Gasteiger partial charge in [0.1, 0.15) is 23.9 Å². The van der Waals surface area contributed by atoms with Gasteiger partial charge in [-0.05, 0) is 84.8 Å². The third-order valence-corrected chi connectivity index (χ3v) is 8.89. The van der Waals surface area contributed by atoms with E-state index in [9.17, 15) is 24.0 Å². The van der Waals surface area contributed by atoms with Crippen molar-refractivity contribution in [2.24, 2.45) is 11.8 Å². The maximum Gasteiger partial charge on any atom is 0.254 e. The first-order valence-electron chi connectivity index (χ1n) is 17.7. The molecule has 0 radical (unpaired) electrons. The van der Waals surface area contributed by atoms with E-state index in [2.05, 4.69) is 31.6 Å². The van der Waals surface area contributed by atoms with E-state index in [1.54, 1.807) is 75.0 Å². The Labute approximate surface area is 305 Å². The van der Waals surface area contributed by atoms with E-state index in [0.717, 1.165) is 16.8 Å². The minimum atomic E-state index is -1.05. The van der Waals surface area contributed by atoms with E-state index >= 15 is 0 Å². The smallest absolute Gasteiger partial charge is 0.254 e. The Morgan fingerprint density at radius 2 is 1.48 bits per heavy atom. The lowest BCUT2D eigenvalue weighted by molar-refractivity contribution is -0.133. The molecule has 5 amide bonds. The number of nitrogens with one attached hydrogen (secondary N) is 5. The van der Waals surface area contributed by atoms with Crippen LogP contribution >= 0.6 is 0 Å². The molecule has 1 aliphatic heterocycles. The fourth-order valence-corrected chi connectivity index (χ4v) is 5.78. The van der Waals surface area contributed by atoms with Crippen LogP contribution in [0.2, 0.25) is 0 Å². The molecule has 13 heteroatoms. The number of benzene rings is 2. The average Bonchev–Trinajstić information content (AvgIpc) is 3.12. The standard InChI is InChI=1S/C39H51N7O6/c1-24(2)19-32-38(50)44-33(20-27-7-13-31(52-6)14-8-27)37(49)42-26(5)36(48)45-34(25(3)4)22-46(23-35(47)43-32)39(51)29-9-11-30(12-10-29)41-21-28-15-17-40-18-16-28/h7-18,24-26,32-34,41H,19-23H2,1-6H3,(H,42,49)(H,43,47)(H,44,50)(H,45,48)/t26-,32+,33+,34-/m1/s1. The van der Waals surface area contributed by atoms with E-state index in [0.29, 0.717) is 24.3 Å². The third-order valence-electron chi connectivity index (χ3n) is 8.89. The predicted molar refractivity (Wildman–Crippen MR) is 198 cm³/mol. The van der Waals surface area contributed by atoms with Gasteiger partial charge in [-0.1, -0.05) is 39.8 Å². The molecule has 52 heavy (non-hydrogen) atoms. The first-order chi connectivity index (χ1) is 24.8. The Morgan fingerprint density at radius 3 is 2.10 bits per heavy atom. The van der Waals surface area contributed by atoms with Crippen molar-refractivity contribution in [1.82, 2.24) is 31.2 Å². The summed E-state index contributed by atoms with van der Waals surface area (Å²) in [6.07, 6.45) is 3.87. The van der Waals surface area contributed by atoms with E-state index in [4.69, 9.17) is 4.74 Å². The molecule has 1 aromatic heterocycles. The summed E-state index contributed by atoms with van der Waals surface area (Å²) in [7, 11) is 1.55. The van der Waals surface area contributed by atoms with Crippen molar-refractivity contribution in [3.8, 4) is 5.75 Å². The highest BCUT2D eigenvalue weighted by Gasteiger charge is 2.32. The number of anilines is 1. The molecule has 13 nitrogen and oxygen atoms in total. The minimum Gasteiger partial charge on any atom is -0.497 e. The average molecular weight is 714 g/mol. The Morgan fingerprint density at radius 1 is 0.827 bits per heavy atom. The molecule has 0 spiro atoms. The lowest BCUT2D eigenvalue weighted by atomic mass is 10.0. The number of amides is 5. The van der Waals surface area contributed by atoms with Gasteiger partial charge in [-0.15, -0.1) is 0 Å². The lowest BCUT2D eigenvalue weighted by Crippen LogP contribution is -2.57. The van der Waals surface area contributed by atoms with Crippen LogP contribution in [0.4, 0.5) is 5.69 Å². The molecule has 1 fully saturated rings. The Hall–Kier alpha value is -5.46. The van der Waals surface area contributed by atoms with Crippen molar-refractivity contribution in [2.75, 3.05) is 25.5 Å². The van der Waals surface area contributed by atoms with Gasteiger partial charge in [0, 0.05) is 49.2 Å². The minimum absolute atomic E-state index is 0.0134. The van der Waals surface area contributed by atoms with Crippen molar-refractivity contribution in [3.63, 3.8) is 0 Å². The molecule has 1 saturated heterocycles. The number of hydrogen-bond acceptors (Lipinski definition) is 8. The van der Waals surface area contributed by atoms with Gasteiger partial charge in [0.25, 0.3) is 5.91 Å². The van der Waals surface area contributed by atoms with Gasteiger partial charge in [-0.2, -0.15) is 0 Å². The summed E-state index contributed by atoms with van der Waals surface area (Å²) in [5.74, 6) is -1.99. The van der Waals surface area contributed by atoms with E-state index in [1.165, 1.54) is 4.90 Å². The van der Waals surface area contributed by atoms with E-state index in [1.807, 2.05) is 39.8 Å². The van der Waals surface area contributed by atoms with Crippen LogP contribution in [0, 0.1) is 11.8 Å². The predicted octanol–water partition coefficient (Wildman–Crippen LogP) is 3.06. The molecule has 0 saturated carbocycles. The number of carbonyl (C=O) groups excluding carboxylic acids is 5. The summed E-state index contributed by atoms with van der Waals surface area (Å²) in [5, 5.41) is 14.7. The van der Waals surface area contributed by atoms with Crippen LogP contribution in [0.25, 0.3) is 0 Å². The summed E-state index contributed by atoms with van der Waals surface area (Å²) >= 11 is 0. The molecular weight excluding hydrogens is 662 g/mol. The number of aromatic nitrogens is 1. The quantitative estimate of drug-likeness (QED) is 0.214. The van der Waals surface area contributed by atoms with Crippen molar-refractivity contribution >= 4 is 35.2 Å². The van der Waals surface area contributed by atoms with Gasteiger partial charge >= 0.3 is 0 Å². The second-order valence-electron chi connectivity index (χ2n) is 13.9. The number of pyridine rings is 1. The molecule has 5 N–H and O–H groups in total. The molecule has 3 aromatic rings. The second-order valence-corrected chi connectivity index (χ2v) is 13.9. The topological polar surface area (TPSA) is 171 Å². The van der Waals surface area contributed by atoms with Gasteiger partial charge in [0.05, 0.1) is 13.7 Å². The maximum absolute atomic E-state index is 14.0. The molecule has 0 unspecified atom stereocenters. The molecular formula is C39H51N7O6. The monoisotopic (exact) mass is 713 g/mol. The summed E-state index contributed by atoms with van der Waals surface area (Å²) in [6, 6.07) is 14.3. The number of hydrogen-bond donors (Lipinski definition) is 5. The van der Waals surface area contributed by atoms with E-state index in [-0.39, 0.29) is 31.3 Å². The molecule has 278 valence electrons. The fourth-order valence-electron chi connectivity index (χ4n) is 5.78. The molecule has 0 bridgehead atoms. The molecule has 2 heterocycles. The van der Waals surface area contributed by atoms with Crippen molar-refractivity contribution in [1.29, 1.82) is 0 Å². The van der Waals surface area contributed by atoms with Gasteiger partial charge in [-0.3, -0.25) is 29.0 Å². The van der Waals surface area contributed by atoms with Crippen molar-refractivity contribution < 1.29 is 28.7 Å². The number of ether oxygens (including phenoxy) is 1. The van der Waals surface area contributed by atoms with Gasteiger partial charge in [0.2, 0.25) is 23.6 Å². The summed E-state index contributed by atoms with van der Waals surface area (Å²) in [4.78, 5) is 74.1.